The predicted molar refractivity (Wildman–Crippen MR) is 102 cm³/mol. The zero-order valence-electron chi connectivity index (χ0n) is 15.8. The average molecular weight is 369 g/mol. The van der Waals surface area contributed by atoms with Crippen LogP contribution in [0.5, 0.6) is 23.0 Å². The maximum absolute atomic E-state index is 11.1. The molecule has 0 aromatic heterocycles. The number of ether oxygens (including phenoxy) is 2. The molecule has 0 heterocycles. The van der Waals surface area contributed by atoms with Crippen LogP contribution >= 0.6 is 0 Å². The van der Waals surface area contributed by atoms with Crippen molar-refractivity contribution >= 4 is 20.3 Å². The van der Waals surface area contributed by atoms with Crippen molar-refractivity contribution in [3.05, 3.63) is 47.5 Å². The molecule has 0 saturated carbocycles. The molecule has 2 aromatic rings. The Hall–Kier alpha value is -2.96. The van der Waals surface area contributed by atoms with Gasteiger partial charge in [-0.25, -0.2) is 0 Å². The molecule has 27 heavy (non-hydrogen) atoms. The molecule has 7 heteroatoms. The number of carbonyl (C=O) groups is 2. The van der Waals surface area contributed by atoms with Crippen molar-refractivity contribution in [2.45, 2.75) is 39.9 Å². The Bertz CT molecular complexity index is 723. The van der Waals surface area contributed by atoms with Gasteiger partial charge < -0.3 is 18.8 Å². The zero-order valence-corrected chi connectivity index (χ0v) is 15.8. The average Bonchev–Trinajstić information content (AvgIpc) is 2.60. The summed E-state index contributed by atoms with van der Waals surface area (Å²) < 4.78 is 22.1. The molecule has 2 aromatic carbocycles. The highest BCUT2D eigenvalue weighted by atomic mass is 16.6. The second kappa shape index (κ2) is 9.66. The van der Waals surface area contributed by atoms with E-state index in [1.54, 1.807) is 36.4 Å². The van der Waals surface area contributed by atoms with Crippen LogP contribution in [0.4, 0.5) is 0 Å². The molecule has 0 amide bonds. The van der Waals surface area contributed by atoms with Crippen molar-refractivity contribution in [2.75, 3.05) is 0 Å². The van der Waals surface area contributed by atoms with E-state index < -0.39 is 0 Å². The molecule has 2 rings (SSSR count). The molecule has 0 unspecified atom stereocenters. The van der Waals surface area contributed by atoms with Gasteiger partial charge in [0.2, 0.25) is 0 Å². The van der Waals surface area contributed by atoms with Crippen LogP contribution in [0.25, 0.3) is 0 Å². The van der Waals surface area contributed by atoms with Gasteiger partial charge in [-0.1, -0.05) is 0 Å². The molecule has 1 radical (unpaired) electrons. The number of hydrogen-bond donors (Lipinski definition) is 0. The second-order valence-electron chi connectivity index (χ2n) is 6.38. The zero-order chi connectivity index (χ0) is 19.8. The lowest BCUT2D eigenvalue weighted by Gasteiger charge is -2.14. The summed E-state index contributed by atoms with van der Waals surface area (Å²) in [7, 11) is 1.12. The van der Waals surface area contributed by atoms with Crippen molar-refractivity contribution in [1.82, 2.24) is 0 Å². The summed E-state index contributed by atoms with van der Waals surface area (Å²) in [6, 6.07) is 9.70. The highest BCUT2D eigenvalue weighted by Crippen LogP contribution is 2.25. The van der Waals surface area contributed by atoms with Gasteiger partial charge in [-0.15, -0.1) is 0 Å². The normalized spacial score (nSPS) is 10.4. The molecule has 0 bridgehead atoms. The number of rotatable bonds is 10. The summed E-state index contributed by atoms with van der Waals surface area (Å²) in [6.45, 7) is 7.56. The van der Waals surface area contributed by atoms with Gasteiger partial charge in [-0.3, -0.25) is 9.59 Å². The fraction of sp³-hybridized carbons (Fsp3) is 0.300. The number of benzene rings is 2. The van der Waals surface area contributed by atoms with Gasteiger partial charge in [0, 0.05) is 23.3 Å². The van der Waals surface area contributed by atoms with Crippen molar-refractivity contribution in [1.29, 1.82) is 0 Å². The van der Waals surface area contributed by atoms with E-state index in [-0.39, 0.29) is 12.2 Å². The number of aldehydes is 2. The van der Waals surface area contributed by atoms with Crippen LogP contribution in [-0.2, 0) is 0 Å². The van der Waals surface area contributed by atoms with Gasteiger partial charge in [0.25, 0.3) is 0 Å². The minimum Gasteiger partial charge on any atom is -0.526 e. The van der Waals surface area contributed by atoms with E-state index in [2.05, 4.69) is 0 Å². The van der Waals surface area contributed by atoms with Gasteiger partial charge in [0.1, 0.15) is 35.6 Å². The lowest BCUT2D eigenvalue weighted by molar-refractivity contribution is 0.111. The highest BCUT2D eigenvalue weighted by Gasteiger charge is 2.09. The van der Waals surface area contributed by atoms with E-state index in [1.807, 2.05) is 27.7 Å². The molecule has 0 aliphatic rings. The SMILES string of the molecule is CC(C)Oc1cc(C=O)cc(O[B]Oc2cc(C=O)cc(OC(C)C)c2)c1. The largest absolute Gasteiger partial charge is 0.658 e. The molecule has 0 spiro atoms. The van der Waals surface area contributed by atoms with Crippen molar-refractivity contribution in [2.24, 2.45) is 0 Å². The first kappa shape index (κ1) is 20.4. The highest BCUT2D eigenvalue weighted by molar-refractivity contribution is 6.20. The lowest BCUT2D eigenvalue weighted by atomic mass is 10.2. The van der Waals surface area contributed by atoms with E-state index in [4.69, 9.17) is 18.8 Å². The molecular weight excluding hydrogens is 347 g/mol. The minimum atomic E-state index is -0.0366. The third-order valence-corrected chi connectivity index (χ3v) is 3.19. The topological polar surface area (TPSA) is 71.1 Å². The quantitative estimate of drug-likeness (QED) is 0.468. The molecule has 0 atom stereocenters. The Morgan fingerprint density at radius 2 is 1.04 bits per heavy atom. The Kier molecular flexibility index (Phi) is 7.29. The minimum absolute atomic E-state index is 0.0366. The maximum atomic E-state index is 11.1. The first-order chi connectivity index (χ1) is 12.9. The smallest absolute Gasteiger partial charge is 0.526 e. The molecule has 141 valence electrons. The van der Waals surface area contributed by atoms with Crippen LogP contribution in [-0.4, -0.2) is 32.5 Å². The summed E-state index contributed by atoms with van der Waals surface area (Å²) in [5.74, 6) is 1.82. The molecule has 6 nitrogen and oxygen atoms in total. The van der Waals surface area contributed by atoms with Crippen LogP contribution in [0.1, 0.15) is 48.4 Å². The number of carbonyl (C=O) groups excluding carboxylic acids is 2. The third kappa shape index (κ3) is 6.69. The molecule has 0 aliphatic carbocycles. The first-order valence-electron chi connectivity index (χ1n) is 8.58. The Labute approximate surface area is 159 Å². The van der Waals surface area contributed by atoms with Crippen LogP contribution in [0.2, 0.25) is 0 Å². The Morgan fingerprint density at radius 1 is 0.667 bits per heavy atom. The lowest BCUT2D eigenvalue weighted by Crippen LogP contribution is -2.12. The van der Waals surface area contributed by atoms with Gasteiger partial charge in [0.05, 0.1) is 12.2 Å². The maximum Gasteiger partial charge on any atom is 0.658 e. The van der Waals surface area contributed by atoms with Crippen LogP contribution in [0, 0.1) is 0 Å². The number of hydrogen-bond acceptors (Lipinski definition) is 6. The van der Waals surface area contributed by atoms with Crippen LogP contribution in [0.15, 0.2) is 36.4 Å². The van der Waals surface area contributed by atoms with Gasteiger partial charge in [-0.2, -0.15) is 0 Å². The van der Waals surface area contributed by atoms with E-state index in [0.717, 1.165) is 7.69 Å². The second-order valence-corrected chi connectivity index (χ2v) is 6.38. The molecule has 0 aliphatic heterocycles. The van der Waals surface area contributed by atoms with Crippen molar-refractivity contribution in [3.63, 3.8) is 0 Å². The first-order valence-corrected chi connectivity index (χ1v) is 8.58. The fourth-order valence-corrected chi connectivity index (χ4v) is 2.28. The van der Waals surface area contributed by atoms with E-state index >= 15 is 0 Å². The summed E-state index contributed by atoms with van der Waals surface area (Å²) in [5, 5.41) is 0. The standard InChI is InChI=1S/C20H22BO6/c1-13(2)24-17-5-15(11-22)7-19(9-17)26-21-27-20-8-16(12-23)6-18(10-20)25-14(3)4/h5-14H,1-4H3. The van der Waals surface area contributed by atoms with Gasteiger partial charge >= 0.3 is 7.69 Å². The summed E-state index contributed by atoms with van der Waals surface area (Å²) in [5.41, 5.74) is 0.847. The van der Waals surface area contributed by atoms with Gasteiger partial charge in [-0.05, 0) is 52.0 Å². The Balaban J connectivity index is 2.07. The van der Waals surface area contributed by atoms with Crippen molar-refractivity contribution < 1.29 is 28.4 Å². The summed E-state index contributed by atoms with van der Waals surface area (Å²) in [4.78, 5) is 22.2. The predicted octanol–water partition coefficient (Wildman–Crippen LogP) is 3.88. The summed E-state index contributed by atoms with van der Waals surface area (Å²) >= 11 is 0. The van der Waals surface area contributed by atoms with E-state index in [0.29, 0.717) is 46.7 Å². The van der Waals surface area contributed by atoms with E-state index in [9.17, 15) is 9.59 Å². The third-order valence-electron chi connectivity index (χ3n) is 3.19. The van der Waals surface area contributed by atoms with Crippen LogP contribution in [0.3, 0.4) is 0 Å². The molecule has 0 fully saturated rings. The molecular formula is C20H22BO6. The molecule has 0 N–H and O–H groups in total. The van der Waals surface area contributed by atoms with Crippen LogP contribution < -0.4 is 18.8 Å². The fourth-order valence-electron chi connectivity index (χ4n) is 2.28. The molecule has 0 saturated heterocycles. The van der Waals surface area contributed by atoms with Gasteiger partial charge in [0.15, 0.2) is 0 Å². The van der Waals surface area contributed by atoms with Crippen molar-refractivity contribution in [3.8, 4) is 23.0 Å². The monoisotopic (exact) mass is 369 g/mol. The summed E-state index contributed by atoms with van der Waals surface area (Å²) in [6.07, 6.45) is 1.35. The van der Waals surface area contributed by atoms with E-state index in [1.165, 1.54) is 0 Å². The Morgan fingerprint density at radius 3 is 1.37 bits per heavy atom.